The van der Waals surface area contributed by atoms with Crippen molar-refractivity contribution in [2.75, 3.05) is 35.4 Å². The summed E-state index contributed by atoms with van der Waals surface area (Å²) in [6, 6.07) is 0. The number of hydrogen-bond donors (Lipinski definition) is 2. The second kappa shape index (κ2) is 10.7. The molecule has 0 fully saturated rings. The molecule has 0 aliphatic carbocycles. The van der Waals surface area contributed by atoms with Crippen LogP contribution in [0.25, 0.3) is 0 Å². The molecule has 2 atom stereocenters. The summed E-state index contributed by atoms with van der Waals surface area (Å²) < 4.78 is 12.7. The van der Waals surface area contributed by atoms with Crippen molar-refractivity contribution in [2.24, 2.45) is 21.1 Å². The van der Waals surface area contributed by atoms with Crippen LogP contribution in [0.4, 0.5) is 9.59 Å². The molecule has 0 aromatic rings. The van der Waals surface area contributed by atoms with Crippen LogP contribution < -0.4 is 10.9 Å². The van der Waals surface area contributed by atoms with Gasteiger partial charge in [0.2, 0.25) is 0 Å². The molecule has 1 rings (SSSR count). The second-order valence-corrected chi connectivity index (χ2v) is 8.59. The van der Waals surface area contributed by atoms with Gasteiger partial charge in [-0.25, -0.2) is 0 Å². The summed E-state index contributed by atoms with van der Waals surface area (Å²) >= 11 is -0.750. The van der Waals surface area contributed by atoms with Crippen molar-refractivity contribution in [3.63, 3.8) is 0 Å². The van der Waals surface area contributed by atoms with Gasteiger partial charge in [-0.1, -0.05) is 0 Å². The van der Waals surface area contributed by atoms with E-state index in [2.05, 4.69) is 35.5 Å². The minimum atomic E-state index is -1.59. The van der Waals surface area contributed by atoms with Crippen LogP contribution in [0, 0.1) is 5.92 Å². The van der Waals surface area contributed by atoms with Gasteiger partial charge in [-0.3, -0.25) is 0 Å². The fraction of sp³-hybridized carbons (Fsp3) is 0.562. The van der Waals surface area contributed by atoms with Crippen LogP contribution >= 0.6 is 0 Å². The van der Waals surface area contributed by atoms with Crippen LogP contribution in [0.1, 0.15) is 13.8 Å². The zero-order chi connectivity index (χ0) is 23.1. The Morgan fingerprint density at radius 1 is 1.03 bits per heavy atom. The van der Waals surface area contributed by atoms with E-state index in [9.17, 15) is 19.2 Å². The molecule has 0 spiro atoms. The van der Waals surface area contributed by atoms with Crippen LogP contribution in [0.15, 0.2) is 15.2 Å². The van der Waals surface area contributed by atoms with E-state index in [0.29, 0.717) is 4.73 Å². The summed E-state index contributed by atoms with van der Waals surface area (Å²) in [5.74, 6) is -2.72. The molecule has 3 amide bonds. The third-order valence-corrected chi connectivity index (χ3v) is 7.45. The number of nitrogens with zero attached hydrogens (tertiary/aromatic N) is 4. The number of aliphatic imine (C=N–C) groups is 1. The minimum absolute atomic E-state index is 0.0605. The Morgan fingerprint density at radius 3 is 2.00 bits per heavy atom. The molecule has 2 N–H and O–H groups in total. The van der Waals surface area contributed by atoms with Crippen LogP contribution in [0.2, 0.25) is 4.31 Å². The van der Waals surface area contributed by atoms with Gasteiger partial charge in [0.1, 0.15) is 0 Å². The van der Waals surface area contributed by atoms with Gasteiger partial charge in [-0.15, -0.1) is 0 Å². The molecule has 0 saturated carbocycles. The zero-order valence-electron chi connectivity index (χ0n) is 17.6. The van der Waals surface area contributed by atoms with Gasteiger partial charge in [0.25, 0.3) is 0 Å². The first-order valence-corrected chi connectivity index (χ1v) is 10.1. The van der Waals surface area contributed by atoms with Crippen molar-refractivity contribution in [1.29, 1.82) is 0 Å². The van der Waals surface area contributed by atoms with Gasteiger partial charge in [0.05, 0.1) is 0 Å². The molecular formula is C16H24N6O7Se. The Bertz CT molecular complexity index is 810. The summed E-state index contributed by atoms with van der Waals surface area (Å²) in [6.07, 6.45) is -1.72. The third-order valence-electron chi connectivity index (χ3n) is 3.96. The monoisotopic (exact) mass is 492 g/mol. The average molecular weight is 491 g/mol. The fourth-order valence-corrected chi connectivity index (χ4v) is 5.19. The van der Waals surface area contributed by atoms with E-state index in [4.69, 9.17) is 4.74 Å². The number of rotatable bonds is 6. The van der Waals surface area contributed by atoms with Crippen molar-refractivity contribution in [3.05, 3.63) is 0 Å². The Kier molecular flexibility index (Phi) is 8.93. The van der Waals surface area contributed by atoms with E-state index in [-0.39, 0.29) is 11.4 Å². The number of carbonyl (C=O) groups excluding carboxylic acids is 4. The van der Waals surface area contributed by atoms with Crippen LogP contribution in [0.3, 0.4) is 0 Å². The van der Waals surface area contributed by atoms with Gasteiger partial charge in [0.15, 0.2) is 0 Å². The molecule has 1 aliphatic heterocycles. The average Bonchev–Trinajstić information content (AvgIpc) is 3.07. The number of ether oxygens (including phenoxy) is 3. The van der Waals surface area contributed by atoms with E-state index < -0.39 is 49.3 Å². The molecule has 14 heteroatoms. The maximum absolute atomic E-state index is 13.1. The maximum atomic E-state index is 13.1. The predicted octanol–water partition coefficient (Wildman–Crippen LogP) is -0.440. The SMILES string of the molecule is COC(=O)N/N=C(\C)C(C(=O)OC)C1(/C(C)=N/NC(=O)OC)[Se]C(N(C)C)=NC1=O. The number of carbonyl (C=O) groups is 4. The number of nitrogens with one attached hydrogen (secondary N) is 2. The first-order chi connectivity index (χ1) is 14.0. The van der Waals surface area contributed by atoms with Gasteiger partial charge >= 0.3 is 179 Å². The fourth-order valence-electron chi connectivity index (χ4n) is 2.44. The topological polar surface area (TPSA) is 160 Å². The Morgan fingerprint density at radius 2 is 1.57 bits per heavy atom. The Hall–Kier alpha value is -2.99. The normalized spacial score (nSPS) is 20.1. The van der Waals surface area contributed by atoms with E-state index in [0.717, 1.165) is 21.3 Å². The quantitative estimate of drug-likeness (QED) is 0.166. The van der Waals surface area contributed by atoms with Crippen LogP contribution in [-0.2, 0) is 23.8 Å². The van der Waals surface area contributed by atoms with E-state index in [1.165, 1.54) is 13.8 Å². The standard InChI is InChI=1S/C16H24N6O7Se/c1-8(18-20-14(25)28-6)10(11(23)27-5)16(9(2)19-21-15(26)29-7)12(24)17-13(30-16)22(3)4/h10H,1-7H3,(H,20,25)(H,21,26)/b18-8+,19-9+. The molecule has 166 valence electrons. The molecule has 0 aromatic carbocycles. The van der Waals surface area contributed by atoms with Crippen molar-refractivity contribution in [1.82, 2.24) is 15.8 Å². The zero-order valence-corrected chi connectivity index (χ0v) is 19.3. The van der Waals surface area contributed by atoms with Gasteiger partial charge in [0, 0.05) is 0 Å². The molecule has 13 nitrogen and oxygen atoms in total. The molecule has 0 saturated heterocycles. The number of amides is 3. The van der Waals surface area contributed by atoms with Crippen molar-refractivity contribution in [2.45, 2.75) is 18.2 Å². The molecule has 1 heterocycles. The van der Waals surface area contributed by atoms with Crippen molar-refractivity contribution < 1.29 is 33.4 Å². The summed E-state index contributed by atoms with van der Waals surface area (Å²) in [6.45, 7) is 2.91. The molecule has 0 bridgehead atoms. The number of hydrogen-bond acceptors (Lipinski definition) is 10. The van der Waals surface area contributed by atoms with Gasteiger partial charge < -0.3 is 0 Å². The third kappa shape index (κ3) is 5.33. The number of amidine groups is 1. The first-order valence-electron chi connectivity index (χ1n) is 8.39. The van der Waals surface area contributed by atoms with E-state index in [1.54, 1.807) is 19.0 Å². The summed E-state index contributed by atoms with van der Waals surface area (Å²) in [7, 11) is 6.87. The Balaban J connectivity index is 3.59. The molecule has 2 unspecified atom stereocenters. The Labute approximate surface area is 179 Å². The van der Waals surface area contributed by atoms with Crippen molar-refractivity contribution in [3.8, 4) is 0 Å². The predicted molar refractivity (Wildman–Crippen MR) is 107 cm³/mol. The molecule has 0 aromatic heterocycles. The summed E-state index contributed by atoms with van der Waals surface area (Å²) in [5, 5.41) is 7.81. The molecule has 30 heavy (non-hydrogen) atoms. The van der Waals surface area contributed by atoms with Gasteiger partial charge in [-0.2, -0.15) is 0 Å². The molecule has 0 radical (unpaired) electrons. The number of esters is 1. The van der Waals surface area contributed by atoms with E-state index in [1.807, 2.05) is 0 Å². The van der Waals surface area contributed by atoms with Crippen LogP contribution in [0.5, 0.6) is 0 Å². The second-order valence-electron chi connectivity index (χ2n) is 6.05. The number of hydrazone groups is 2. The van der Waals surface area contributed by atoms with Gasteiger partial charge in [-0.05, 0) is 0 Å². The molecular weight excluding hydrogens is 467 g/mol. The van der Waals surface area contributed by atoms with Crippen molar-refractivity contribution >= 4 is 55.2 Å². The number of methoxy groups -OCH3 is 3. The van der Waals surface area contributed by atoms with E-state index >= 15 is 0 Å². The first kappa shape index (κ1) is 25.0. The van der Waals surface area contributed by atoms with Crippen LogP contribution in [-0.4, -0.2) is 95.5 Å². The summed E-state index contributed by atoms with van der Waals surface area (Å²) in [5.41, 5.74) is 4.42. The molecule has 1 aliphatic rings. The summed E-state index contributed by atoms with van der Waals surface area (Å²) in [4.78, 5) is 54.5.